The van der Waals surface area contributed by atoms with Gasteiger partial charge in [-0.25, -0.2) is 14.4 Å². The molecule has 0 saturated carbocycles. The number of carbonyl (C=O) groups excluding carboxylic acids is 5. The van der Waals surface area contributed by atoms with E-state index in [-0.39, 0.29) is 37.5 Å². The number of nitrogens with one attached hydrogen (secondary N) is 2. The zero-order chi connectivity index (χ0) is 39.6. The highest BCUT2D eigenvalue weighted by Crippen LogP contribution is 2.29. The smallest absolute Gasteiger partial charge is 0.421 e. The van der Waals surface area contributed by atoms with Crippen LogP contribution in [0, 0.1) is 5.41 Å². The van der Waals surface area contributed by atoms with Gasteiger partial charge in [0.1, 0.15) is 25.6 Å². The van der Waals surface area contributed by atoms with Crippen molar-refractivity contribution in [1.29, 1.82) is 5.41 Å². The van der Waals surface area contributed by atoms with Crippen molar-refractivity contribution in [2.75, 3.05) is 13.7 Å². The molecule has 0 heterocycles. The van der Waals surface area contributed by atoms with Crippen LogP contribution in [0.15, 0.2) is 115 Å². The number of rotatable bonds is 17. The average Bonchev–Trinajstić information content (AvgIpc) is 3.20. The van der Waals surface area contributed by atoms with E-state index in [4.69, 9.17) is 35.8 Å². The summed E-state index contributed by atoms with van der Waals surface area (Å²) in [5.41, 5.74) is 10.9. The van der Waals surface area contributed by atoms with E-state index in [0.29, 0.717) is 28.0 Å². The van der Waals surface area contributed by atoms with Crippen LogP contribution in [0.4, 0.5) is 9.59 Å². The molecule has 0 saturated heterocycles. The summed E-state index contributed by atoms with van der Waals surface area (Å²) in [5, 5.41) is 13.9. The minimum absolute atomic E-state index is 0.0600. The topological polar surface area (TPSA) is 228 Å². The van der Waals surface area contributed by atoms with Gasteiger partial charge in [0.2, 0.25) is 5.54 Å². The summed E-state index contributed by atoms with van der Waals surface area (Å²) < 4.78 is 21.9. The highest BCUT2D eigenvalue weighted by atomic mass is 16.6. The van der Waals surface area contributed by atoms with Crippen LogP contribution in [0.5, 0.6) is 5.75 Å². The van der Waals surface area contributed by atoms with Crippen LogP contribution in [0.2, 0.25) is 0 Å². The van der Waals surface area contributed by atoms with E-state index in [1.165, 1.54) is 7.11 Å². The molecule has 0 aromatic heterocycles. The lowest BCUT2D eigenvalue weighted by Gasteiger charge is -2.37. The highest BCUT2D eigenvalue weighted by molar-refractivity contribution is 6.17. The van der Waals surface area contributed by atoms with E-state index < -0.39 is 60.5 Å². The van der Waals surface area contributed by atoms with Gasteiger partial charge in [0.15, 0.2) is 5.96 Å². The fourth-order valence-corrected chi connectivity index (χ4v) is 5.34. The van der Waals surface area contributed by atoms with E-state index in [9.17, 15) is 24.0 Å². The van der Waals surface area contributed by atoms with Crippen molar-refractivity contribution in [3.63, 3.8) is 0 Å². The van der Waals surface area contributed by atoms with Gasteiger partial charge < -0.3 is 35.7 Å². The van der Waals surface area contributed by atoms with Crippen molar-refractivity contribution >= 4 is 35.9 Å². The maximum absolute atomic E-state index is 14.6. The number of hydrogen-bond donors (Lipinski definition) is 4. The minimum Gasteiger partial charge on any atom is -0.497 e. The molecule has 15 nitrogen and oxygen atoms in total. The molecule has 4 aromatic rings. The Balaban J connectivity index is 1.77. The van der Waals surface area contributed by atoms with Crippen molar-refractivity contribution in [2.24, 2.45) is 11.5 Å². The number of ether oxygens (including phenoxy) is 4. The summed E-state index contributed by atoms with van der Waals surface area (Å²) in [5.74, 6) is -3.93. The Bertz CT molecular complexity index is 1840. The van der Waals surface area contributed by atoms with Crippen LogP contribution in [-0.4, -0.2) is 66.1 Å². The van der Waals surface area contributed by atoms with Gasteiger partial charge in [-0.15, -0.1) is 0 Å². The zero-order valence-electron chi connectivity index (χ0n) is 30.2. The molecule has 2 atom stereocenters. The molecule has 55 heavy (non-hydrogen) atoms. The zero-order valence-corrected chi connectivity index (χ0v) is 30.2. The maximum atomic E-state index is 14.6. The van der Waals surface area contributed by atoms with Crippen molar-refractivity contribution < 1.29 is 42.9 Å². The Morgan fingerprint density at radius 2 is 1.20 bits per heavy atom. The van der Waals surface area contributed by atoms with Crippen molar-refractivity contribution in [3.8, 4) is 5.75 Å². The first kappa shape index (κ1) is 41.0. The predicted octanol–water partition coefficient (Wildman–Crippen LogP) is 3.94. The van der Waals surface area contributed by atoms with Gasteiger partial charge in [0.05, 0.1) is 13.2 Å². The predicted molar refractivity (Wildman–Crippen MR) is 200 cm³/mol. The van der Waals surface area contributed by atoms with Gasteiger partial charge in [-0.2, -0.15) is 10.2 Å². The first-order valence-corrected chi connectivity index (χ1v) is 17.2. The molecule has 0 aliphatic rings. The van der Waals surface area contributed by atoms with Crippen LogP contribution in [0.3, 0.4) is 0 Å². The molecule has 6 N–H and O–H groups in total. The van der Waals surface area contributed by atoms with Crippen LogP contribution in [-0.2, 0) is 54.8 Å². The molecule has 4 amide bonds. The van der Waals surface area contributed by atoms with Crippen molar-refractivity contribution in [3.05, 3.63) is 138 Å². The standard InChI is InChI=1S/C40H43N6O9/c1-52-32-20-18-28(19-21-32)24-33(41)34(47)45-35(48)40(22-11-23-44-37(42)43,36(49)53-25-29-12-5-2-6-13-29)46(38(50)54-26-30-14-7-3-8-15-30)39(51)55-27-31-16-9-4-10-17-31/h2-10,12-21,33H,11,22-27,41H2,1H3,(H4,42,43,44)/t33-,40-/m0/s1. The number of amides is 4. The SMILES string of the molecule is COc1ccc(C[C@H](N)C(=O)[N]C(=O)[C@@](CCCNC(=N)N)(C(=O)OCc2ccccc2)N(C(=O)OCc2ccccc2)C(=O)OCc2ccccc2)cc1. The number of carbonyl (C=O) groups is 5. The van der Waals surface area contributed by atoms with Crippen molar-refractivity contribution in [2.45, 2.75) is 50.7 Å². The molecule has 4 aromatic carbocycles. The van der Waals surface area contributed by atoms with E-state index >= 15 is 0 Å². The first-order chi connectivity index (χ1) is 26.5. The monoisotopic (exact) mass is 751 g/mol. The third kappa shape index (κ3) is 11.9. The normalized spacial score (nSPS) is 12.2. The number of hydrogen-bond acceptors (Lipinski definition) is 11. The number of nitrogens with two attached hydrogens (primary N) is 2. The molecular weight excluding hydrogens is 708 g/mol. The Kier molecular flexibility index (Phi) is 15.3. The van der Waals surface area contributed by atoms with E-state index in [2.05, 4.69) is 10.6 Å². The van der Waals surface area contributed by atoms with E-state index in [1.807, 2.05) is 0 Å². The van der Waals surface area contributed by atoms with Gasteiger partial charge in [0, 0.05) is 6.54 Å². The molecule has 287 valence electrons. The Hall–Kier alpha value is -6.74. The number of nitrogens with zero attached hydrogens (tertiary/aromatic N) is 2. The largest absolute Gasteiger partial charge is 0.497 e. The molecule has 0 aliphatic heterocycles. The molecule has 15 heteroatoms. The first-order valence-electron chi connectivity index (χ1n) is 17.2. The third-order valence-corrected chi connectivity index (χ3v) is 8.24. The summed E-state index contributed by atoms with van der Waals surface area (Å²) in [6, 6.07) is 30.7. The van der Waals surface area contributed by atoms with Gasteiger partial charge in [-0.05, 0) is 53.6 Å². The lowest BCUT2D eigenvalue weighted by Crippen LogP contribution is -2.67. The summed E-state index contributed by atoms with van der Waals surface area (Å²) in [6.07, 6.45) is -3.82. The number of methoxy groups -OCH3 is 1. The molecule has 0 spiro atoms. The second-order valence-electron chi connectivity index (χ2n) is 12.2. The highest BCUT2D eigenvalue weighted by Gasteiger charge is 2.59. The molecule has 1 radical (unpaired) electrons. The number of esters is 1. The van der Waals surface area contributed by atoms with Crippen LogP contribution in [0.1, 0.15) is 35.1 Å². The van der Waals surface area contributed by atoms with Crippen LogP contribution >= 0.6 is 0 Å². The summed E-state index contributed by atoms with van der Waals surface area (Å²) >= 11 is 0. The molecular formula is C40H43N6O9. The number of imide groups is 2. The Morgan fingerprint density at radius 3 is 1.65 bits per heavy atom. The second-order valence-corrected chi connectivity index (χ2v) is 12.2. The van der Waals surface area contributed by atoms with E-state index in [0.717, 1.165) is 0 Å². The Morgan fingerprint density at radius 1 is 0.727 bits per heavy atom. The van der Waals surface area contributed by atoms with Crippen LogP contribution in [0.25, 0.3) is 0 Å². The fourth-order valence-electron chi connectivity index (χ4n) is 5.34. The van der Waals surface area contributed by atoms with Crippen molar-refractivity contribution in [1.82, 2.24) is 15.5 Å². The van der Waals surface area contributed by atoms with Gasteiger partial charge in [-0.3, -0.25) is 15.0 Å². The third-order valence-electron chi connectivity index (χ3n) is 8.24. The lowest BCUT2D eigenvalue weighted by molar-refractivity contribution is -0.164. The molecule has 0 fully saturated rings. The minimum atomic E-state index is -2.97. The molecule has 0 unspecified atom stereocenters. The summed E-state index contributed by atoms with van der Waals surface area (Å²) in [7, 11) is 1.50. The average molecular weight is 752 g/mol. The quantitative estimate of drug-likeness (QED) is 0.0300. The Labute approximate surface area is 318 Å². The maximum Gasteiger partial charge on any atom is 0.421 e. The summed E-state index contributed by atoms with van der Waals surface area (Å²) in [4.78, 5) is 71.2. The second kappa shape index (κ2) is 20.5. The molecule has 0 bridgehead atoms. The molecule has 4 rings (SSSR count). The van der Waals surface area contributed by atoms with Gasteiger partial charge in [-0.1, -0.05) is 103 Å². The van der Waals surface area contributed by atoms with Crippen LogP contribution < -0.4 is 26.8 Å². The summed E-state index contributed by atoms with van der Waals surface area (Å²) in [6.45, 7) is -1.25. The lowest BCUT2D eigenvalue weighted by atomic mass is 9.89. The van der Waals surface area contributed by atoms with Gasteiger partial charge in [0.25, 0.3) is 11.8 Å². The van der Waals surface area contributed by atoms with E-state index in [1.54, 1.807) is 115 Å². The number of benzene rings is 4. The fraction of sp³-hybridized carbons (Fsp3) is 0.250. The van der Waals surface area contributed by atoms with Gasteiger partial charge >= 0.3 is 18.2 Å². The number of guanidine groups is 1. The molecule has 0 aliphatic carbocycles.